The van der Waals surface area contributed by atoms with Crippen molar-refractivity contribution >= 4 is 27.5 Å². The number of amides is 1. The monoisotopic (exact) mass is 453 g/mol. The van der Waals surface area contributed by atoms with Crippen LogP contribution in [-0.4, -0.2) is 60.1 Å². The van der Waals surface area contributed by atoms with Crippen molar-refractivity contribution in [2.75, 3.05) is 40.9 Å². The van der Waals surface area contributed by atoms with Crippen molar-refractivity contribution in [2.45, 2.75) is 17.9 Å². The molecule has 0 radical (unpaired) electrons. The van der Waals surface area contributed by atoms with Gasteiger partial charge in [-0.05, 0) is 50.3 Å². The van der Waals surface area contributed by atoms with Crippen molar-refractivity contribution in [3.63, 3.8) is 0 Å². The van der Waals surface area contributed by atoms with Gasteiger partial charge in [-0.3, -0.25) is 4.79 Å². The second-order valence-corrected chi connectivity index (χ2v) is 9.25. The predicted octanol–water partition coefficient (Wildman–Crippen LogP) is 2.61. The fourth-order valence-electron chi connectivity index (χ4n) is 2.97. The number of benzene rings is 2. The molecule has 0 aliphatic heterocycles. The third-order valence-corrected chi connectivity index (χ3v) is 6.51. The number of nitrogens with zero attached hydrogens (tertiary/aromatic N) is 1. The maximum Gasteiger partial charge on any atom is 0.251 e. The fraction of sp³-hybridized carbons (Fsp3) is 0.381. The van der Waals surface area contributed by atoms with Crippen LogP contribution < -0.4 is 10.0 Å². The third-order valence-electron chi connectivity index (χ3n) is 4.71. The molecule has 1 atom stereocenters. The number of halogens is 1. The normalized spacial score (nSPS) is 12.7. The highest BCUT2D eigenvalue weighted by Crippen LogP contribution is 2.25. The van der Waals surface area contributed by atoms with E-state index >= 15 is 0 Å². The van der Waals surface area contributed by atoms with Crippen molar-refractivity contribution in [2.24, 2.45) is 0 Å². The molecule has 0 aromatic heterocycles. The number of carbonyl (C=O) groups is 1. The van der Waals surface area contributed by atoms with Gasteiger partial charge in [0.1, 0.15) is 0 Å². The van der Waals surface area contributed by atoms with E-state index in [-0.39, 0.29) is 30.0 Å². The Morgan fingerprint density at radius 2 is 1.90 bits per heavy atom. The Morgan fingerprint density at radius 3 is 2.53 bits per heavy atom. The van der Waals surface area contributed by atoms with Crippen LogP contribution in [0.3, 0.4) is 0 Å². The summed E-state index contributed by atoms with van der Waals surface area (Å²) < 4.78 is 32.2. The van der Waals surface area contributed by atoms with Gasteiger partial charge < -0.3 is 15.0 Å². The van der Waals surface area contributed by atoms with E-state index in [2.05, 4.69) is 10.0 Å². The summed E-state index contributed by atoms with van der Waals surface area (Å²) in [5, 5.41) is 3.53. The lowest BCUT2D eigenvalue weighted by atomic mass is 10.0. The molecule has 0 heterocycles. The first-order valence-corrected chi connectivity index (χ1v) is 11.3. The molecule has 2 rings (SSSR count). The number of methoxy groups -OCH3 is 1. The van der Waals surface area contributed by atoms with Gasteiger partial charge in [-0.1, -0.05) is 35.9 Å². The smallest absolute Gasteiger partial charge is 0.251 e. The maximum absolute atomic E-state index is 12.9. The van der Waals surface area contributed by atoms with Crippen LogP contribution in [0, 0.1) is 6.92 Å². The van der Waals surface area contributed by atoms with E-state index in [0.717, 1.165) is 5.56 Å². The summed E-state index contributed by atoms with van der Waals surface area (Å²) in [5.41, 5.74) is 1.89. The van der Waals surface area contributed by atoms with Crippen LogP contribution in [0.5, 0.6) is 0 Å². The minimum absolute atomic E-state index is 0.0321. The Hall–Kier alpha value is -1.97. The molecule has 9 heteroatoms. The molecule has 0 saturated carbocycles. The molecule has 1 unspecified atom stereocenters. The van der Waals surface area contributed by atoms with Crippen molar-refractivity contribution in [1.29, 1.82) is 0 Å². The molecule has 0 aliphatic rings. The van der Waals surface area contributed by atoms with Gasteiger partial charge >= 0.3 is 0 Å². The van der Waals surface area contributed by atoms with Crippen LogP contribution in [0.1, 0.15) is 27.5 Å². The summed E-state index contributed by atoms with van der Waals surface area (Å²) in [4.78, 5) is 14.8. The third kappa shape index (κ3) is 6.26. The van der Waals surface area contributed by atoms with Gasteiger partial charge in [0.25, 0.3) is 5.91 Å². The number of ether oxygens (including phenoxy) is 1. The van der Waals surface area contributed by atoms with Gasteiger partial charge in [0, 0.05) is 30.8 Å². The summed E-state index contributed by atoms with van der Waals surface area (Å²) >= 11 is 6.32. The SMILES string of the molecule is COCCNS(=O)(=O)c1ccc(C)c(C(=O)NCC(c2ccccc2Cl)N(C)C)c1. The zero-order valence-corrected chi connectivity index (χ0v) is 19.2. The number of rotatable bonds is 10. The minimum atomic E-state index is -3.73. The number of hydrogen-bond donors (Lipinski definition) is 2. The Bertz CT molecular complexity index is 980. The maximum atomic E-state index is 12.9. The number of aryl methyl sites for hydroxylation is 1. The molecule has 0 aliphatic carbocycles. The summed E-state index contributed by atoms with van der Waals surface area (Å²) in [7, 11) is 1.57. The average molecular weight is 454 g/mol. The number of nitrogens with one attached hydrogen (secondary N) is 2. The Labute approximate surface area is 183 Å². The van der Waals surface area contributed by atoms with Gasteiger partial charge in [0.2, 0.25) is 10.0 Å². The van der Waals surface area contributed by atoms with E-state index in [9.17, 15) is 13.2 Å². The van der Waals surface area contributed by atoms with E-state index in [0.29, 0.717) is 22.7 Å². The second-order valence-electron chi connectivity index (χ2n) is 7.08. The molecule has 0 spiro atoms. The standard InChI is InChI=1S/C21H28ClN3O4S/c1-15-9-10-16(30(27,28)24-11-12-29-4)13-18(15)21(26)23-14-20(25(2)3)17-7-5-6-8-19(17)22/h5-10,13,20,24H,11-12,14H2,1-4H3,(H,23,26). The van der Waals surface area contributed by atoms with Crippen LogP contribution in [-0.2, 0) is 14.8 Å². The highest BCUT2D eigenvalue weighted by Gasteiger charge is 2.21. The highest BCUT2D eigenvalue weighted by molar-refractivity contribution is 7.89. The molecular weight excluding hydrogens is 426 g/mol. The Kier molecular flexibility index (Phi) is 8.81. The molecular formula is C21H28ClN3O4S. The first-order chi connectivity index (χ1) is 14.2. The Balaban J connectivity index is 2.19. The molecule has 164 valence electrons. The fourth-order valence-corrected chi connectivity index (χ4v) is 4.28. The topological polar surface area (TPSA) is 87.7 Å². The van der Waals surface area contributed by atoms with Crippen molar-refractivity contribution < 1.29 is 17.9 Å². The van der Waals surface area contributed by atoms with Crippen LogP contribution >= 0.6 is 11.6 Å². The van der Waals surface area contributed by atoms with Gasteiger partial charge in [-0.15, -0.1) is 0 Å². The quantitative estimate of drug-likeness (QED) is 0.540. The number of hydrogen-bond acceptors (Lipinski definition) is 5. The molecule has 0 fully saturated rings. The number of sulfonamides is 1. The van der Waals surface area contributed by atoms with E-state index in [4.69, 9.17) is 16.3 Å². The summed E-state index contributed by atoms with van der Waals surface area (Å²) in [6, 6.07) is 11.8. The molecule has 0 bridgehead atoms. The molecule has 2 aromatic rings. The zero-order valence-electron chi connectivity index (χ0n) is 17.6. The average Bonchev–Trinajstić information content (AvgIpc) is 2.69. The molecule has 7 nitrogen and oxygen atoms in total. The predicted molar refractivity (Wildman–Crippen MR) is 118 cm³/mol. The van der Waals surface area contributed by atoms with E-state index < -0.39 is 10.0 Å². The van der Waals surface area contributed by atoms with Gasteiger partial charge in [0.15, 0.2) is 0 Å². The first-order valence-electron chi connectivity index (χ1n) is 9.45. The minimum Gasteiger partial charge on any atom is -0.383 e. The molecule has 2 N–H and O–H groups in total. The lowest BCUT2D eigenvalue weighted by molar-refractivity contribution is 0.0941. The first kappa shape index (κ1) is 24.3. The summed E-state index contributed by atoms with van der Waals surface area (Å²) in [6.07, 6.45) is 0. The summed E-state index contributed by atoms with van der Waals surface area (Å²) in [5.74, 6) is -0.347. The molecule has 0 saturated heterocycles. The van der Waals surface area contributed by atoms with Crippen LogP contribution in [0.25, 0.3) is 0 Å². The molecule has 30 heavy (non-hydrogen) atoms. The largest absolute Gasteiger partial charge is 0.383 e. The second kappa shape index (κ2) is 10.9. The van der Waals surface area contributed by atoms with E-state index in [1.54, 1.807) is 13.0 Å². The van der Waals surface area contributed by atoms with Crippen molar-refractivity contribution in [3.05, 3.63) is 64.2 Å². The van der Waals surface area contributed by atoms with E-state index in [1.807, 2.05) is 43.3 Å². The highest BCUT2D eigenvalue weighted by atomic mass is 35.5. The summed E-state index contributed by atoms with van der Waals surface area (Å²) in [6.45, 7) is 2.49. The van der Waals surface area contributed by atoms with Crippen LogP contribution in [0.15, 0.2) is 47.4 Å². The van der Waals surface area contributed by atoms with Crippen molar-refractivity contribution in [1.82, 2.24) is 14.9 Å². The van der Waals surface area contributed by atoms with Crippen molar-refractivity contribution in [3.8, 4) is 0 Å². The zero-order chi connectivity index (χ0) is 22.3. The Morgan fingerprint density at radius 1 is 1.20 bits per heavy atom. The number of likely N-dealkylation sites (N-methyl/N-ethyl adjacent to an activating group) is 1. The molecule has 2 aromatic carbocycles. The van der Waals surface area contributed by atoms with E-state index in [1.165, 1.54) is 19.2 Å². The van der Waals surface area contributed by atoms with Gasteiger partial charge in [-0.25, -0.2) is 13.1 Å². The molecule has 1 amide bonds. The number of carbonyl (C=O) groups excluding carboxylic acids is 1. The van der Waals surface area contributed by atoms with Gasteiger partial charge in [-0.2, -0.15) is 0 Å². The van der Waals surface area contributed by atoms with Gasteiger partial charge in [0.05, 0.1) is 17.5 Å². The van der Waals surface area contributed by atoms with Crippen LogP contribution in [0.2, 0.25) is 5.02 Å². The lowest BCUT2D eigenvalue weighted by Crippen LogP contribution is -2.35. The lowest BCUT2D eigenvalue weighted by Gasteiger charge is -2.26. The van der Waals surface area contributed by atoms with Crippen LogP contribution in [0.4, 0.5) is 0 Å².